The first-order valence-corrected chi connectivity index (χ1v) is 8.98. The second kappa shape index (κ2) is 8.60. The number of hydrogen-bond donors (Lipinski definition) is 1. The van der Waals surface area contributed by atoms with E-state index in [0.717, 1.165) is 22.6 Å². The van der Waals surface area contributed by atoms with Crippen molar-refractivity contribution in [3.05, 3.63) is 63.2 Å². The Morgan fingerprint density at radius 2 is 1.73 bits per heavy atom. The summed E-state index contributed by atoms with van der Waals surface area (Å²) < 4.78 is 10.4. The summed E-state index contributed by atoms with van der Waals surface area (Å²) in [5, 5.41) is 13.5. The number of imide groups is 1. The molecule has 3 amide bonds. The second-order valence-electron chi connectivity index (χ2n) is 6.47. The lowest BCUT2D eigenvalue weighted by Gasteiger charge is -2.14. The van der Waals surface area contributed by atoms with Crippen molar-refractivity contribution in [3.63, 3.8) is 0 Å². The number of amides is 3. The zero-order chi connectivity index (χ0) is 21.8. The highest BCUT2D eigenvalue weighted by Gasteiger charge is 2.37. The van der Waals surface area contributed by atoms with Crippen LogP contribution in [0.15, 0.2) is 36.4 Å². The molecular weight excluding hydrogens is 394 g/mol. The van der Waals surface area contributed by atoms with Crippen molar-refractivity contribution in [2.24, 2.45) is 0 Å². The van der Waals surface area contributed by atoms with Crippen LogP contribution in [-0.2, 0) is 11.2 Å². The van der Waals surface area contributed by atoms with Gasteiger partial charge < -0.3 is 14.8 Å². The van der Waals surface area contributed by atoms with Crippen LogP contribution in [0.25, 0.3) is 0 Å². The molecule has 10 nitrogen and oxygen atoms in total. The van der Waals surface area contributed by atoms with Crippen LogP contribution in [0.4, 0.5) is 5.69 Å². The van der Waals surface area contributed by atoms with Crippen molar-refractivity contribution >= 4 is 23.4 Å². The van der Waals surface area contributed by atoms with Crippen LogP contribution >= 0.6 is 0 Å². The van der Waals surface area contributed by atoms with Gasteiger partial charge in [-0.15, -0.1) is 0 Å². The maximum Gasteiger partial charge on any atom is 0.270 e. The topological polar surface area (TPSA) is 128 Å². The molecule has 0 spiro atoms. The molecule has 0 bridgehead atoms. The fourth-order valence-corrected chi connectivity index (χ4v) is 3.12. The number of rotatable bonds is 8. The lowest BCUT2D eigenvalue weighted by molar-refractivity contribution is -0.384. The van der Waals surface area contributed by atoms with Crippen LogP contribution in [0, 0.1) is 10.1 Å². The van der Waals surface area contributed by atoms with E-state index < -0.39 is 29.2 Å². The Bertz CT molecular complexity index is 1040. The Hall–Kier alpha value is -3.95. The largest absolute Gasteiger partial charge is 0.493 e. The first kappa shape index (κ1) is 20.8. The van der Waals surface area contributed by atoms with Gasteiger partial charge in [0.15, 0.2) is 11.5 Å². The molecule has 0 saturated carbocycles. The molecule has 0 aliphatic carbocycles. The van der Waals surface area contributed by atoms with Crippen LogP contribution in [0.2, 0.25) is 0 Å². The third kappa shape index (κ3) is 4.07. The number of carbonyl (C=O) groups is 3. The molecule has 0 radical (unpaired) electrons. The number of fused-ring (bicyclic) bond motifs is 1. The standard InChI is InChI=1S/C20H19N3O7/c1-29-16-6-3-12(9-17(16)30-2)7-8-21-18(24)11-22-19(25)14-5-4-13(23(27)28)10-15(14)20(22)26/h3-6,9-10H,7-8,11H2,1-2H3,(H,21,24). The number of methoxy groups -OCH3 is 2. The van der Waals surface area contributed by atoms with Crippen LogP contribution < -0.4 is 14.8 Å². The van der Waals surface area contributed by atoms with E-state index in [2.05, 4.69) is 5.32 Å². The third-order valence-corrected chi connectivity index (χ3v) is 4.65. The monoisotopic (exact) mass is 413 g/mol. The fraction of sp³-hybridized carbons (Fsp3) is 0.250. The van der Waals surface area contributed by atoms with Crippen LogP contribution in [0.5, 0.6) is 11.5 Å². The minimum atomic E-state index is -0.728. The number of nitro groups is 1. The zero-order valence-corrected chi connectivity index (χ0v) is 16.3. The Labute approximate surface area is 171 Å². The van der Waals surface area contributed by atoms with E-state index in [1.807, 2.05) is 6.07 Å². The Morgan fingerprint density at radius 1 is 1.03 bits per heavy atom. The number of ether oxygens (including phenoxy) is 2. The quantitative estimate of drug-likeness (QED) is 0.395. The molecule has 3 rings (SSSR count). The van der Waals surface area contributed by atoms with E-state index in [4.69, 9.17) is 9.47 Å². The summed E-state index contributed by atoms with van der Waals surface area (Å²) in [6.45, 7) is -0.185. The number of carbonyl (C=O) groups excluding carboxylic acids is 3. The molecule has 2 aromatic carbocycles. The van der Waals surface area contributed by atoms with Crippen LogP contribution in [0.1, 0.15) is 26.3 Å². The van der Waals surface area contributed by atoms with E-state index in [1.165, 1.54) is 20.3 Å². The van der Waals surface area contributed by atoms with Gasteiger partial charge in [-0.1, -0.05) is 6.07 Å². The van der Waals surface area contributed by atoms with Crippen molar-refractivity contribution in [2.45, 2.75) is 6.42 Å². The van der Waals surface area contributed by atoms with Gasteiger partial charge in [-0.2, -0.15) is 0 Å². The van der Waals surface area contributed by atoms with Crippen LogP contribution in [0.3, 0.4) is 0 Å². The highest BCUT2D eigenvalue weighted by molar-refractivity contribution is 6.22. The maximum atomic E-state index is 12.4. The van der Waals surface area contributed by atoms with Gasteiger partial charge in [0.2, 0.25) is 5.91 Å². The molecule has 1 aliphatic rings. The average Bonchev–Trinajstić information content (AvgIpc) is 2.97. The maximum absolute atomic E-state index is 12.4. The van der Waals surface area contributed by atoms with E-state index in [0.29, 0.717) is 17.9 Å². The number of nitro benzene ring substituents is 1. The number of nitrogens with zero attached hydrogens (tertiary/aromatic N) is 2. The molecule has 30 heavy (non-hydrogen) atoms. The number of hydrogen-bond acceptors (Lipinski definition) is 7. The molecule has 1 N–H and O–H groups in total. The third-order valence-electron chi connectivity index (χ3n) is 4.65. The van der Waals surface area contributed by atoms with Crippen molar-refractivity contribution in [2.75, 3.05) is 27.3 Å². The Kier molecular flexibility index (Phi) is 5.95. The SMILES string of the molecule is COc1ccc(CCNC(=O)CN2C(=O)c3ccc([N+](=O)[O-])cc3C2=O)cc1OC. The fourth-order valence-electron chi connectivity index (χ4n) is 3.12. The number of nitrogens with one attached hydrogen (secondary N) is 1. The summed E-state index contributed by atoms with van der Waals surface area (Å²) in [6, 6.07) is 8.81. The Morgan fingerprint density at radius 3 is 2.40 bits per heavy atom. The lowest BCUT2D eigenvalue weighted by Crippen LogP contribution is -2.40. The summed E-state index contributed by atoms with van der Waals surface area (Å²) in [4.78, 5) is 48.0. The van der Waals surface area contributed by atoms with E-state index >= 15 is 0 Å². The van der Waals surface area contributed by atoms with Crippen LogP contribution in [-0.4, -0.2) is 54.9 Å². The minimum absolute atomic E-state index is 0.0451. The highest BCUT2D eigenvalue weighted by Crippen LogP contribution is 2.28. The molecule has 0 unspecified atom stereocenters. The first-order chi connectivity index (χ1) is 14.3. The molecule has 156 valence electrons. The van der Waals surface area contributed by atoms with Crippen molar-refractivity contribution in [3.8, 4) is 11.5 Å². The molecule has 1 aliphatic heterocycles. The smallest absolute Gasteiger partial charge is 0.270 e. The van der Waals surface area contributed by atoms with E-state index in [9.17, 15) is 24.5 Å². The van der Waals surface area contributed by atoms with Gasteiger partial charge in [-0.25, -0.2) is 0 Å². The highest BCUT2D eigenvalue weighted by atomic mass is 16.6. The summed E-state index contributed by atoms with van der Waals surface area (Å²) in [5.41, 5.74) is 0.577. The van der Waals surface area contributed by atoms with Gasteiger partial charge in [-0.3, -0.25) is 29.4 Å². The lowest BCUT2D eigenvalue weighted by atomic mass is 10.1. The van der Waals surface area contributed by atoms with Crippen molar-refractivity contribution < 1.29 is 28.8 Å². The van der Waals surface area contributed by atoms with E-state index in [-0.39, 0.29) is 23.4 Å². The van der Waals surface area contributed by atoms with Gasteiger partial charge in [0.1, 0.15) is 6.54 Å². The molecule has 1 heterocycles. The van der Waals surface area contributed by atoms with Gasteiger partial charge >= 0.3 is 0 Å². The van der Waals surface area contributed by atoms with Gasteiger partial charge in [0.05, 0.1) is 30.3 Å². The minimum Gasteiger partial charge on any atom is -0.493 e. The first-order valence-electron chi connectivity index (χ1n) is 8.98. The predicted octanol–water partition coefficient (Wildman–Crippen LogP) is 1.57. The van der Waals surface area contributed by atoms with Crippen molar-refractivity contribution in [1.82, 2.24) is 10.2 Å². The van der Waals surface area contributed by atoms with Gasteiger partial charge in [-0.05, 0) is 30.2 Å². The predicted molar refractivity (Wildman–Crippen MR) is 105 cm³/mol. The summed E-state index contributed by atoms with van der Waals surface area (Å²) >= 11 is 0. The van der Waals surface area contributed by atoms with Gasteiger partial charge in [0, 0.05) is 18.7 Å². The molecular formula is C20H19N3O7. The average molecular weight is 413 g/mol. The van der Waals surface area contributed by atoms with E-state index in [1.54, 1.807) is 12.1 Å². The molecule has 2 aromatic rings. The number of non-ortho nitro benzene ring substituents is 1. The molecule has 0 atom stereocenters. The molecule has 0 fully saturated rings. The zero-order valence-electron chi connectivity index (χ0n) is 16.3. The summed E-state index contributed by atoms with van der Waals surface area (Å²) in [5.74, 6) is -0.731. The Balaban J connectivity index is 1.58. The number of benzene rings is 2. The second-order valence-corrected chi connectivity index (χ2v) is 6.47. The summed E-state index contributed by atoms with van der Waals surface area (Å²) in [6.07, 6.45) is 0.500. The van der Waals surface area contributed by atoms with Crippen molar-refractivity contribution in [1.29, 1.82) is 0 Å². The van der Waals surface area contributed by atoms with Gasteiger partial charge in [0.25, 0.3) is 17.5 Å². The summed E-state index contributed by atoms with van der Waals surface area (Å²) in [7, 11) is 3.06. The molecule has 10 heteroatoms. The molecule has 0 saturated heterocycles. The normalized spacial score (nSPS) is 12.5. The molecule has 0 aromatic heterocycles.